The number of nitrogens with zero attached hydrogens (tertiary/aromatic N) is 1. The summed E-state index contributed by atoms with van der Waals surface area (Å²) in [6.45, 7) is 1.11. The maximum Gasteiger partial charge on any atom is 0.318 e. The molecule has 1 saturated heterocycles. The minimum absolute atomic E-state index is 0.185. The first-order chi connectivity index (χ1) is 4.29. The van der Waals surface area contributed by atoms with E-state index in [0.29, 0.717) is 0 Å². The molecule has 0 saturated carbocycles. The molecular formula is C5H9NO2S. The van der Waals surface area contributed by atoms with Crippen molar-refractivity contribution in [2.45, 2.75) is 6.42 Å². The monoisotopic (exact) mass is 147 g/mol. The van der Waals surface area contributed by atoms with Gasteiger partial charge in [-0.25, -0.2) is 4.31 Å². The Morgan fingerprint density at radius 2 is 2.56 bits per heavy atom. The van der Waals surface area contributed by atoms with Crippen LogP contribution in [-0.4, -0.2) is 34.2 Å². The van der Waals surface area contributed by atoms with Gasteiger partial charge in [0.25, 0.3) is 0 Å². The molecule has 0 aromatic rings. The molecular weight excluding hydrogens is 138 g/mol. The zero-order valence-electron chi connectivity index (χ0n) is 5.04. The molecule has 1 N–H and O–H groups in total. The molecule has 0 spiro atoms. The summed E-state index contributed by atoms with van der Waals surface area (Å²) in [5.74, 6) is 0.345. The topological polar surface area (TPSA) is 40.5 Å². The number of carbonyl (C=O) groups is 1. The number of carboxylic acids is 1. The van der Waals surface area contributed by atoms with Gasteiger partial charge in [-0.2, -0.15) is 0 Å². The number of hydrogen-bond acceptors (Lipinski definition) is 3. The Morgan fingerprint density at radius 3 is 3.00 bits per heavy atom. The molecule has 0 aliphatic carbocycles. The van der Waals surface area contributed by atoms with E-state index in [4.69, 9.17) is 5.11 Å². The van der Waals surface area contributed by atoms with E-state index in [1.54, 1.807) is 11.9 Å². The number of rotatable bonds is 2. The van der Waals surface area contributed by atoms with Gasteiger partial charge < -0.3 is 5.11 Å². The summed E-state index contributed by atoms with van der Waals surface area (Å²) < 4.78 is 1.88. The van der Waals surface area contributed by atoms with Crippen molar-refractivity contribution in [3.8, 4) is 0 Å². The highest BCUT2D eigenvalue weighted by Gasteiger charge is 2.14. The normalized spacial score (nSPS) is 20.4. The van der Waals surface area contributed by atoms with Crippen LogP contribution in [0.4, 0.5) is 0 Å². The minimum Gasteiger partial charge on any atom is -0.480 e. The highest BCUT2D eigenvalue weighted by Crippen LogP contribution is 2.18. The van der Waals surface area contributed by atoms with Crippen LogP contribution < -0.4 is 0 Å². The fraction of sp³-hybridized carbons (Fsp3) is 0.800. The third-order valence-electron chi connectivity index (χ3n) is 1.14. The Bertz CT molecular complexity index is 112. The van der Waals surface area contributed by atoms with E-state index >= 15 is 0 Å². The lowest BCUT2D eigenvalue weighted by Gasteiger charge is -2.07. The Balaban J connectivity index is 2.19. The van der Waals surface area contributed by atoms with Crippen molar-refractivity contribution in [1.29, 1.82) is 0 Å². The van der Waals surface area contributed by atoms with Crippen LogP contribution in [0.3, 0.4) is 0 Å². The highest BCUT2D eigenvalue weighted by molar-refractivity contribution is 7.97. The molecule has 1 rings (SSSR count). The van der Waals surface area contributed by atoms with Gasteiger partial charge in [0, 0.05) is 12.3 Å². The van der Waals surface area contributed by atoms with Crippen molar-refractivity contribution in [2.75, 3.05) is 18.8 Å². The van der Waals surface area contributed by atoms with Crippen molar-refractivity contribution in [3.63, 3.8) is 0 Å². The van der Waals surface area contributed by atoms with Gasteiger partial charge >= 0.3 is 5.97 Å². The molecule has 0 atom stereocenters. The molecule has 3 nitrogen and oxygen atoms in total. The van der Waals surface area contributed by atoms with E-state index in [1.807, 2.05) is 4.31 Å². The second-order valence-electron chi connectivity index (χ2n) is 1.94. The van der Waals surface area contributed by atoms with Gasteiger partial charge in [-0.05, 0) is 6.42 Å². The minimum atomic E-state index is -0.732. The van der Waals surface area contributed by atoms with Gasteiger partial charge in [-0.3, -0.25) is 4.79 Å². The molecule has 1 heterocycles. The molecule has 4 heteroatoms. The van der Waals surface area contributed by atoms with Crippen LogP contribution in [0.15, 0.2) is 0 Å². The summed E-state index contributed by atoms with van der Waals surface area (Å²) in [6, 6.07) is 0. The predicted octanol–water partition coefficient (Wildman–Crippen LogP) is 0.425. The lowest BCUT2D eigenvalue weighted by atomic mass is 10.5. The Morgan fingerprint density at radius 1 is 1.78 bits per heavy atom. The summed E-state index contributed by atoms with van der Waals surface area (Å²) in [5.41, 5.74) is 0. The third kappa shape index (κ3) is 2.24. The molecule has 0 bridgehead atoms. The van der Waals surface area contributed by atoms with Crippen molar-refractivity contribution >= 4 is 17.9 Å². The summed E-state index contributed by atoms with van der Waals surface area (Å²) in [5, 5.41) is 8.32. The van der Waals surface area contributed by atoms with Crippen LogP contribution in [0.1, 0.15) is 6.42 Å². The molecule has 0 amide bonds. The van der Waals surface area contributed by atoms with E-state index < -0.39 is 5.97 Å². The molecule has 1 aliphatic rings. The van der Waals surface area contributed by atoms with Gasteiger partial charge in [-0.15, -0.1) is 0 Å². The quantitative estimate of drug-likeness (QED) is 0.575. The van der Waals surface area contributed by atoms with E-state index in [0.717, 1.165) is 18.7 Å². The summed E-state index contributed by atoms with van der Waals surface area (Å²) in [7, 11) is 0. The van der Waals surface area contributed by atoms with Crippen LogP contribution in [0.2, 0.25) is 0 Å². The molecule has 0 aromatic heterocycles. The zero-order chi connectivity index (χ0) is 6.69. The zero-order valence-corrected chi connectivity index (χ0v) is 5.86. The Kier molecular flexibility index (Phi) is 2.36. The molecule has 1 aliphatic heterocycles. The smallest absolute Gasteiger partial charge is 0.318 e. The van der Waals surface area contributed by atoms with Crippen molar-refractivity contribution < 1.29 is 9.90 Å². The number of aliphatic carboxylic acids is 1. The summed E-state index contributed by atoms with van der Waals surface area (Å²) >= 11 is 1.62. The fourth-order valence-corrected chi connectivity index (χ4v) is 1.75. The average molecular weight is 147 g/mol. The Hall–Kier alpha value is -0.220. The maximum atomic E-state index is 10.1. The molecule has 1 fully saturated rings. The van der Waals surface area contributed by atoms with Crippen molar-refractivity contribution in [3.05, 3.63) is 0 Å². The van der Waals surface area contributed by atoms with Gasteiger partial charge in [0.15, 0.2) is 0 Å². The number of carboxylic acid groups (broad SMARTS) is 1. The van der Waals surface area contributed by atoms with Crippen LogP contribution in [0.25, 0.3) is 0 Å². The second-order valence-corrected chi connectivity index (χ2v) is 3.13. The van der Waals surface area contributed by atoms with Crippen molar-refractivity contribution in [2.24, 2.45) is 0 Å². The predicted molar refractivity (Wildman–Crippen MR) is 36.3 cm³/mol. The van der Waals surface area contributed by atoms with E-state index in [1.165, 1.54) is 0 Å². The van der Waals surface area contributed by atoms with E-state index in [9.17, 15) is 4.79 Å². The first kappa shape index (κ1) is 6.89. The second kappa shape index (κ2) is 3.08. The third-order valence-corrected chi connectivity index (χ3v) is 2.29. The average Bonchev–Trinajstić information content (AvgIpc) is 2.15. The molecule has 0 aromatic carbocycles. The highest BCUT2D eigenvalue weighted by atomic mass is 32.2. The molecule has 9 heavy (non-hydrogen) atoms. The number of hydrogen-bond donors (Lipinski definition) is 1. The fourth-order valence-electron chi connectivity index (χ4n) is 0.775. The van der Waals surface area contributed by atoms with Gasteiger partial charge in [0.05, 0.1) is 0 Å². The SMILES string of the molecule is O=C(O)CN1CCCS1. The van der Waals surface area contributed by atoms with Crippen LogP contribution in [0, 0.1) is 0 Å². The maximum absolute atomic E-state index is 10.1. The van der Waals surface area contributed by atoms with Gasteiger partial charge in [0.2, 0.25) is 0 Å². The van der Waals surface area contributed by atoms with Crippen molar-refractivity contribution in [1.82, 2.24) is 4.31 Å². The first-order valence-corrected chi connectivity index (χ1v) is 3.83. The lowest BCUT2D eigenvalue weighted by molar-refractivity contribution is -0.137. The summed E-state index contributed by atoms with van der Waals surface area (Å²) in [6.07, 6.45) is 1.12. The Labute approximate surface area is 58.2 Å². The standard InChI is InChI=1S/C5H9NO2S/c7-5(8)4-6-2-1-3-9-6/h1-4H2,(H,7,8). The molecule has 52 valence electrons. The lowest BCUT2D eigenvalue weighted by Crippen LogP contribution is -2.20. The molecule has 0 radical (unpaired) electrons. The van der Waals surface area contributed by atoms with Gasteiger partial charge in [-0.1, -0.05) is 11.9 Å². The first-order valence-electron chi connectivity index (χ1n) is 2.88. The van der Waals surface area contributed by atoms with Crippen LogP contribution in [0.5, 0.6) is 0 Å². The van der Waals surface area contributed by atoms with Gasteiger partial charge in [0.1, 0.15) is 6.54 Å². The summed E-state index contributed by atoms with van der Waals surface area (Å²) in [4.78, 5) is 10.1. The van der Waals surface area contributed by atoms with Crippen LogP contribution >= 0.6 is 11.9 Å². The largest absolute Gasteiger partial charge is 0.480 e. The van der Waals surface area contributed by atoms with E-state index in [-0.39, 0.29) is 6.54 Å². The van der Waals surface area contributed by atoms with Crippen LogP contribution in [-0.2, 0) is 4.79 Å². The molecule has 0 unspecified atom stereocenters. The van der Waals surface area contributed by atoms with E-state index in [2.05, 4.69) is 0 Å².